The Morgan fingerprint density at radius 3 is 2.50 bits per heavy atom. The van der Waals surface area contributed by atoms with E-state index in [1.165, 1.54) is 0 Å². The van der Waals surface area contributed by atoms with Gasteiger partial charge < -0.3 is 9.84 Å². The molecule has 2 unspecified atom stereocenters. The Labute approximate surface area is 143 Å². The van der Waals surface area contributed by atoms with Gasteiger partial charge in [0.25, 0.3) is 0 Å². The van der Waals surface area contributed by atoms with Gasteiger partial charge in [0.2, 0.25) is 0 Å². The molecule has 0 spiro atoms. The van der Waals surface area contributed by atoms with Crippen LogP contribution in [0.25, 0.3) is 0 Å². The smallest absolute Gasteiger partial charge is 0.163 e. The Morgan fingerprint density at radius 2 is 1.92 bits per heavy atom. The third-order valence-corrected chi connectivity index (χ3v) is 6.09. The number of ether oxygens (including phenoxy) is 1. The molecule has 0 radical (unpaired) electrons. The monoisotopic (exact) mass is 330 g/mol. The van der Waals surface area contributed by atoms with E-state index >= 15 is 0 Å². The van der Waals surface area contributed by atoms with Crippen molar-refractivity contribution in [3.8, 4) is 11.5 Å². The standard InChI is InChI=1S/C19H26N2O3/c1-4-8-19-11-20-9-18(2,17(19)23)10-21(12-19)16(20)13-6-5-7-14(24-3)15(13)22/h5-7,16,22H,4,8-12H2,1-3H3. The highest BCUT2D eigenvalue weighted by Gasteiger charge is 2.63. The van der Waals surface area contributed by atoms with Crippen LogP contribution in [0, 0.1) is 10.8 Å². The van der Waals surface area contributed by atoms with Crippen molar-refractivity contribution in [2.45, 2.75) is 32.9 Å². The lowest BCUT2D eigenvalue weighted by Crippen LogP contribution is -2.76. The number of hydrogen-bond acceptors (Lipinski definition) is 5. The molecule has 1 N–H and O–H groups in total. The van der Waals surface area contributed by atoms with Gasteiger partial charge in [-0.2, -0.15) is 0 Å². The summed E-state index contributed by atoms with van der Waals surface area (Å²) in [5, 5.41) is 10.6. The first-order valence-corrected chi connectivity index (χ1v) is 8.83. The maximum absolute atomic E-state index is 13.1. The fourth-order valence-electron chi connectivity index (χ4n) is 5.45. The van der Waals surface area contributed by atoms with Gasteiger partial charge in [0, 0.05) is 31.7 Å². The number of carbonyl (C=O) groups is 1. The van der Waals surface area contributed by atoms with Crippen molar-refractivity contribution in [2.75, 3.05) is 33.3 Å². The molecule has 0 aromatic heterocycles. The molecule has 4 bridgehead atoms. The average Bonchev–Trinajstić information content (AvgIpc) is 2.53. The van der Waals surface area contributed by atoms with Gasteiger partial charge in [-0.1, -0.05) is 32.4 Å². The fourth-order valence-corrected chi connectivity index (χ4v) is 5.45. The zero-order valence-corrected chi connectivity index (χ0v) is 14.7. The highest BCUT2D eigenvalue weighted by molar-refractivity contribution is 5.93. The summed E-state index contributed by atoms with van der Waals surface area (Å²) in [4.78, 5) is 17.9. The molecule has 4 aliphatic heterocycles. The van der Waals surface area contributed by atoms with Crippen molar-refractivity contribution in [3.05, 3.63) is 23.8 Å². The Morgan fingerprint density at radius 1 is 1.25 bits per heavy atom. The Hall–Kier alpha value is -1.59. The van der Waals surface area contributed by atoms with Crippen LogP contribution in [-0.4, -0.2) is 54.0 Å². The van der Waals surface area contributed by atoms with Gasteiger partial charge in [-0.15, -0.1) is 0 Å². The number of rotatable bonds is 4. The zero-order chi connectivity index (χ0) is 17.1. The van der Waals surface area contributed by atoms with Crippen molar-refractivity contribution in [3.63, 3.8) is 0 Å². The van der Waals surface area contributed by atoms with Crippen LogP contribution in [0.15, 0.2) is 18.2 Å². The molecule has 0 saturated carbocycles. The minimum Gasteiger partial charge on any atom is -0.504 e. The predicted octanol–water partition coefficient (Wildman–Crippen LogP) is 2.41. The van der Waals surface area contributed by atoms with Gasteiger partial charge in [0.05, 0.1) is 24.1 Å². The van der Waals surface area contributed by atoms with Gasteiger partial charge in [-0.3, -0.25) is 14.6 Å². The van der Waals surface area contributed by atoms with E-state index in [1.807, 2.05) is 12.1 Å². The SMILES string of the molecule is CCCC12CN3CC(C)(CN(C1)C3c1cccc(OC)c1O)C2=O. The van der Waals surface area contributed by atoms with Crippen LogP contribution >= 0.6 is 0 Å². The molecule has 5 rings (SSSR count). The molecular formula is C19H26N2O3. The molecule has 5 heteroatoms. The Kier molecular flexibility index (Phi) is 3.45. The number of benzene rings is 1. The molecule has 4 heterocycles. The summed E-state index contributed by atoms with van der Waals surface area (Å²) in [5.41, 5.74) is 0.373. The normalized spacial score (nSPS) is 40.1. The van der Waals surface area contributed by atoms with Crippen LogP contribution < -0.4 is 4.74 Å². The second-order valence-corrected chi connectivity index (χ2v) is 8.00. The number of phenols is 1. The number of hydrogen-bond donors (Lipinski definition) is 1. The number of methoxy groups -OCH3 is 1. The van der Waals surface area contributed by atoms with Crippen molar-refractivity contribution in [1.29, 1.82) is 0 Å². The number of Topliss-reactive ketones (excluding diaryl/α,β-unsaturated/α-hetero) is 1. The molecule has 1 aromatic rings. The first-order chi connectivity index (χ1) is 11.4. The first kappa shape index (κ1) is 15.9. The summed E-state index contributed by atoms with van der Waals surface area (Å²) < 4.78 is 5.28. The molecule has 5 nitrogen and oxygen atoms in total. The number of carbonyl (C=O) groups excluding carboxylic acids is 1. The van der Waals surface area contributed by atoms with Crippen LogP contribution in [-0.2, 0) is 4.79 Å². The number of para-hydroxylation sites is 1. The zero-order valence-electron chi connectivity index (χ0n) is 14.7. The summed E-state index contributed by atoms with van der Waals surface area (Å²) in [5.74, 6) is 1.19. The van der Waals surface area contributed by atoms with Crippen molar-refractivity contribution in [2.24, 2.45) is 10.8 Å². The third kappa shape index (κ3) is 1.97. The summed E-state index contributed by atoms with van der Waals surface area (Å²) in [6.45, 7) is 7.41. The van der Waals surface area contributed by atoms with E-state index in [9.17, 15) is 9.90 Å². The summed E-state index contributed by atoms with van der Waals surface area (Å²) in [6.07, 6.45) is 2.01. The first-order valence-electron chi connectivity index (χ1n) is 8.83. The van der Waals surface area contributed by atoms with Gasteiger partial charge >= 0.3 is 0 Å². The minimum absolute atomic E-state index is 0.0336. The average molecular weight is 330 g/mol. The van der Waals surface area contributed by atoms with Crippen LogP contribution in [0.1, 0.15) is 38.4 Å². The van der Waals surface area contributed by atoms with Crippen LogP contribution in [0.5, 0.6) is 11.5 Å². The van der Waals surface area contributed by atoms with Crippen LogP contribution in [0.2, 0.25) is 0 Å². The highest BCUT2D eigenvalue weighted by atomic mass is 16.5. The largest absolute Gasteiger partial charge is 0.504 e. The number of aromatic hydroxyl groups is 1. The highest BCUT2D eigenvalue weighted by Crippen LogP contribution is 2.55. The molecule has 1 aromatic carbocycles. The molecule has 4 fully saturated rings. The topological polar surface area (TPSA) is 53.0 Å². The predicted molar refractivity (Wildman–Crippen MR) is 91.0 cm³/mol. The number of ketones is 1. The molecule has 0 aliphatic carbocycles. The molecule has 0 amide bonds. The minimum atomic E-state index is -0.281. The summed E-state index contributed by atoms with van der Waals surface area (Å²) in [7, 11) is 1.58. The van der Waals surface area contributed by atoms with Gasteiger partial charge in [-0.25, -0.2) is 0 Å². The van der Waals surface area contributed by atoms with Crippen molar-refractivity contribution in [1.82, 2.24) is 9.80 Å². The lowest BCUT2D eigenvalue weighted by molar-refractivity contribution is -0.201. The molecule has 2 atom stereocenters. The Balaban J connectivity index is 1.75. The molecule has 24 heavy (non-hydrogen) atoms. The van der Waals surface area contributed by atoms with E-state index in [2.05, 4.69) is 23.6 Å². The molecular weight excluding hydrogens is 304 g/mol. The van der Waals surface area contributed by atoms with Gasteiger partial charge in [-0.05, 0) is 12.5 Å². The maximum Gasteiger partial charge on any atom is 0.163 e. The van der Waals surface area contributed by atoms with E-state index in [0.29, 0.717) is 11.5 Å². The van der Waals surface area contributed by atoms with E-state index < -0.39 is 0 Å². The number of phenolic OH excluding ortho intramolecular Hbond substituents is 1. The Bertz CT molecular complexity index is 671. The fraction of sp³-hybridized carbons (Fsp3) is 0.632. The van der Waals surface area contributed by atoms with Crippen LogP contribution in [0.4, 0.5) is 0 Å². The summed E-state index contributed by atoms with van der Waals surface area (Å²) in [6, 6.07) is 5.68. The summed E-state index contributed by atoms with van der Waals surface area (Å²) >= 11 is 0. The maximum atomic E-state index is 13.1. The van der Waals surface area contributed by atoms with Crippen LogP contribution in [0.3, 0.4) is 0 Å². The second-order valence-electron chi connectivity index (χ2n) is 8.00. The lowest BCUT2D eigenvalue weighted by atomic mass is 9.59. The molecule has 130 valence electrons. The number of piperidine rings is 2. The van der Waals surface area contributed by atoms with E-state index in [0.717, 1.165) is 44.6 Å². The van der Waals surface area contributed by atoms with E-state index in [4.69, 9.17) is 4.74 Å². The number of nitrogens with zero attached hydrogens (tertiary/aromatic N) is 2. The van der Waals surface area contributed by atoms with Crippen molar-refractivity contribution >= 4 is 5.78 Å². The van der Waals surface area contributed by atoms with E-state index in [1.54, 1.807) is 13.2 Å². The molecule has 4 aliphatic rings. The lowest BCUT2D eigenvalue weighted by Gasteiger charge is -2.65. The van der Waals surface area contributed by atoms with Gasteiger partial charge in [0.1, 0.15) is 5.78 Å². The molecule has 4 saturated heterocycles. The third-order valence-electron chi connectivity index (χ3n) is 6.09. The quantitative estimate of drug-likeness (QED) is 0.919. The van der Waals surface area contributed by atoms with E-state index in [-0.39, 0.29) is 22.7 Å². The van der Waals surface area contributed by atoms with Crippen molar-refractivity contribution < 1.29 is 14.6 Å². The van der Waals surface area contributed by atoms with Gasteiger partial charge in [0.15, 0.2) is 11.5 Å². The second kappa shape index (κ2) is 5.20.